The molecule has 0 unspecified atom stereocenters. The molecule has 3 rings (SSSR count). The summed E-state index contributed by atoms with van der Waals surface area (Å²) in [4.78, 5) is 17.4. The van der Waals surface area contributed by atoms with Crippen LogP contribution < -0.4 is 4.90 Å². The second kappa shape index (κ2) is 7.08. The number of aromatic nitrogens is 3. The van der Waals surface area contributed by atoms with Crippen LogP contribution in [0.2, 0.25) is 5.02 Å². The third kappa shape index (κ3) is 3.45. The summed E-state index contributed by atoms with van der Waals surface area (Å²) in [6.07, 6.45) is -2.56. The highest BCUT2D eigenvalue weighted by Gasteiger charge is 2.35. The number of para-hydroxylation sites is 1. The number of aryl methyl sites for hydroxylation is 1. The molecule has 1 amide bonds. The van der Waals surface area contributed by atoms with E-state index in [0.29, 0.717) is 27.1 Å². The minimum atomic E-state index is -4.53. The first kappa shape index (κ1) is 18.4. The third-order valence-electron chi connectivity index (χ3n) is 3.54. The number of nitrogens with zero attached hydrogens (tertiary/aromatic N) is 4. The van der Waals surface area contributed by atoms with E-state index in [2.05, 4.69) is 10.1 Å². The zero-order chi connectivity index (χ0) is 18.9. The van der Waals surface area contributed by atoms with E-state index in [1.165, 1.54) is 15.8 Å². The molecule has 5 nitrogen and oxygen atoms in total. The highest BCUT2D eigenvalue weighted by Crippen LogP contribution is 2.38. The fourth-order valence-electron chi connectivity index (χ4n) is 2.34. The summed E-state index contributed by atoms with van der Waals surface area (Å²) in [5.41, 5.74) is -0.249. The maximum Gasteiger partial charge on any atom is 0.435 e. The molecule has 0 aliphatic heterocycles. The standard InChI is InChI=1S/C16H12ClF3N4OS/c1-2-24-12(7-14(22-24)16(18,19)20)13-8-21-15(26-13)23(9-25)11-6-4-3-5-10(11)17/h3-9H,2H2,1H3. The number of anilines is 2. The fraction of sp³-hybridized carbons (Fsp3) is 0.188. The average Bonchev–Trinajstić information content (AvgIpc) is 3.23. The molecule has 2 heterocycles. The van der Waals surface area contributed by atoms with Gasteiger partial charge in [0.15, 0.2) is 10.8 Å². The lowest BCUT2D eigenvalue weighted by Gasteiger charge is -2.15. The number of amides is 1. The van der Waals surface area contributed by atoms with Gasteiger partial charge in [0.2, 0.25) is 6.41 Å². The lowest BCUT2D eigenvalue weighted by molar-refractivity contribution is -0.141. The van der Waals surface area contributed by atoms with Gasteiger partial charge in [-0.1, -0.05) is 35.1 Å². The predicted octanol–water partition coefficient (Wildman–Crippen LogP) is 4.99. The monoisotopic (exact) mass is 400 g/mol. The third-order valence-corrected chi connectivity index (χ3v) is 4.88. The van der Waals surface area contributed by atoms with Crippen LogP contribution in [-0.4, -0.2) is 21.2 Å². The quantitative estimate of drug-likeness (QED) is 0.567. The molecule has 0 bridgehead atoms. The smallest absolute Gasteiger partial charge is 0.278 e. The summed E-state index contributed by atoms with van der Waals surface area (Å²) in [5, 5.41) is 4.24. The molecule has 10 heteroatoms. The number of rotatable bonds is 5. The van der Waals surface area contributed by atoms with Crippen LogP contribution in [0.4, 0.5) is 24.0 Å². The molecule has 0 aliphatic rings. The Balaban J connectivity index is 2.01. The Morgan fingerprint density at radius 3 is 2.69 bits per heavy atom. The molecule has 3 aromatic rings. The Morgan fingerprint density at radius 1 is 1.35 bits per heavy atom. The summed E-state index contributed by atoms with van der Waals surface area (Å²) >= 11 is 7.18. The highest BCUT2D eigenvalue weighted by atomic mass is 35.5. The summed E-state index contributed by atoms with van der Waals surface area (Å²) in [6.45, 7) is 1.96. The van der Waals surface area contributed by atoms with Crippen LogP contribution in [0.1, 0.15) is 12.6 Å². The average molecular weight is 401 g/mol. The summed E-state index contributed by atoms with van der Waals surface area (Å²) < 4.78 is 40.0. The van der Waals surface area contributed by atoms with E-state index < -0.39 is 11.9 Å². The van der Waals surface area contributed by atoms with Gasteiger partial charge >= 0.3 is 6.18 Å². The van der Waals surface area contributed by atoms with E-state index in [4.69, 9.17) is 11.6 Å². The number of carbonyl (C=O) groups is 1. The van der Waals surface area contributed by atoms with Gasteiger partial charge in [-0.3, -0.25) is 14.4 Å². The summed E-state index contributed by atoms with van der Waals surface area (Å²) in [6, 6.07) is 7.69. The van der Waals surface area contributed by atoms with E-state index in [0.717, 1.165) is 17.4 Å². The van der Waals surface area contributed by atoms with E-state index >= 15 is 0 Å². The van der Waals surface area contributed by atoms with Crippen molar-refractivity contribution in [1.82, 2.24) is 14.8 Å². The minimum Gasteiger partial charge on any atom is -0.278 e. The van der Waals surface area contributed by atoms with Gasteiger partial charge in [0.1, 0.15) is 0 Å². The van der Waals surface area contributed by atoms with Crippen LogP contribution in [0.3, 0.4) is 0 Å². The zero-order valence-corrected chi connectivity index (χ0v) is 14.9. The zero-order valence-electron chi connectivity index (χ0n) is 13.4. The fourth-order valence-corrected chi connectivity index (χ4v) is 3.48. The van der Waals surface area contributed by atoms with Crippen molar-refractivity contribution < 1.29 is 18.0 Å². The molecule has 2 aromatic heterocycles. The first-order valence-electron chi connectivity index (χ1n) is 7.45. The SMILES string of the molecule is CCn1nc(C(F)(F)F)cc1-c1cnc(N(C=O)c2ccccc2Cl)s1. The number of hydrogen-bond acceptors (Lipinski definition) is 4. The number of hydrogen-bond donors (Lipinski definition) is 0. The van der Waals surface area contributed by atoms with Gasteiger partial charge in [0.05, 0.1) is 21.3 Å². The van der Waals surface area contributed by atoms with Gasteiger partial charge in [-0.05, 0) is 25.1 Å². The van der Waals surface area contributed by atoms with E-state index in [1.807, 2.05) is 0 Å². The van der Waals surface area contributed by atoms with Crippen LogP contribution in [0.5, 0.6) is 0 Å². The molecule has 26 heavy (non-hydrogen) atoms. The molecule has 1 aromatic carbocycles. The highest BCUT2D eigenvalue weighted by molar-refractivity contribution is 7.19. The van der Waals surface area contributed by atoms with Gasteiger partial charge in [0, 0.05) is 12.7 Å². The van der Waals surface area contributed by atoms with Crippen LogP contribution >= 0.6 is 22.9 Å². The van der Waals surface area contributed by atoms with Crippen molar-refractivity contribution in [3.05, 3.63) is 47.2 Å². The van der Waals surface area contributed by atoms with E-state index in [1.54, 1.807) is 31.2 Å². The first-order chi connectivity index (χ1) is 12.3. The maximum atomic E-state index is 12.9. The van der Waals surface area contributed by atoms with Gasteiger partial charge in [-0.2, -0.15) is 18.3 Å². The van der Waals surface area contributed by atoms with Gasteiger partial charge in [0.25, 0.3) is 0 Å². The molecule has 0 saturated heterocycles. The molecule has 136 valence electrons. The van der Waals surface area contributed by atoms with Crippen LogP contribution in [-0.2, 0) is 17.5 Å². The minimum absolute atomic E-state index is 0.264. The lowest BCUT2D eigenvalue weighted by atomic mass is 10.3. The number of benzene rings is 1. The van der Waals surface area contributed by atoms with Crippen molar-refractivity contribution in [3.8, 4) is 10.6 Å². The summed E-state index contributed by atoms with van der Waals surface area (Å²) in [5.74, 6) is 0. The molecule has 0 fully saturated rings. The predicted molar refractivity (Wildman–Crippen MR) is 93.7 cm³/mol. The second-order valence-electron chi connectivity index (χ2n) is 5.16. The molecule has 0 saturated carbocycles. The molecule has 0 atom stereocenters. The van der Waals surface area contributed by atoms with Crippen molar-refractivity contribution in [2.75, 3.05) is 4.90 Å². The van der Waals surface area contributed by atoms with Crippen molar-refractivity contribution in [1.29, 1.82) is 0 Å². The van der Waals surface area contributed by atoms with Gasteiger partial charge in [-0.25, -0.2) is 4.98 Å². The largest absolute Gasteiger partial charge is 0.435 e. The van der Waals surface area contributed by atoms with Crippen LogP contribution in [0, 0.1) is 0 Å². The van der Waals surface area contributed by atoms with Crippen LogP contribution in [0.25, 0.3) is 10.6 Å². The lowest BCUT2D eigenvalue weighted by Crippen LogP contribution is -2.13. The number of carbonyl (C=O) groups excluding carboxylic acids is 1. The van der Waals surface area contributed by atoms with Crippen molar-refractivity contribution in [3.63, 3.8) is 0 Å². The Labute approximate surface area is 155 Å². The summed E-state index contributed by atoms with van der Waals surface area (Å²) in [7, 11) is 0. The molecular weight excluding hydrogens is 389 g/mol. The van der Waals surface area contributed by atoms with E-state index in [-0.39, 0.29) is 12.2 Å². The Kier molecular flexibility index (Phi) is 5.01. The van der Waals surface area contributed by atoms with Crippen molar-refractivity contribution >= 4 is 40.2 Å². The normalized spacial score (nSPS) is 11.6. The molecule has 0 radical (unpaired) electrons. The Bertz CT molecular complexity index is 938. The van der Waals surface area contributed by atoms with Crippen molar-refractivity contribution in [2.24, 2.45) is 0 Å². The Morgan fingerprint density at radius 2 is 2.08 bits per heavy atom. The molecular formula is C16H12ClF3N4OS. The van der Waals surface area contributed by atoms with Gasteiger partial charge < -0.3 is 0 Å². The molecule has 0 N–H and O–H groups in total. The first-order valence-corrected chi connectivity index (χ1v) is 8.65. The second-order valence-corrected chi connectivity index (χ2v) is 6.58. The van der Waals surface area contributed by atoms with Crippen LogP contribution in [0.15, 0.2) is 36.5 Å². The van der Waals surface area contributed by atoms with Gasteiger partial charge in [-0.15, -0.1) is 0 Å². The topological polar surface area (TPSA) is 51.0 Å². The number of thiazole rings is 1. The number of halogens is 4. The van der Waals surface area contributed by atoms with E-state index in [9.17, 15) is 18.0 Å². The number of alkyl halides is 3. The molecule has 0 aliphatic carbocycles. The van der Waals surface area contributed by atoms with Crippen molar-refractivity contribution in [2.45, 2.75) is 19.6 Å². The maximum absolute atomic E-state index is 12.9. The Hall–Kier alpha value is -2.39. The molecule has 0 spiro atoms.